The molecule has 1 aliphatic heterocycles. The van der Waals surface area contributed by atoms with Crippen molar-refractivity contribution in [3.8, 4) is 0 Å². The second-order valence-corrected chi connectivity index (χ2v) is 7.39. The normalized spacial score (nSPS) is 23.6. The van der Waals surface area contributed by atoms with Crippen LogP contribution in [0.5, 0.6) is 0 Å². The molecule has 1 fully saturated rings. The lowest BCUT2D eigenvalue weighted by Crippen LogP contribution is -2.53. The van der Waals surface area contributed by atoms with Gasteiger partial charge in [0.2, 0.25) is 0 Å². The lowest BCUT2D eigenvalue weighted by molar-refractivity contribution is -0.126. The van der Waals surface area contributed by atoms with Crippen molar-refractivity contribution in [2.45, 2.75) is 24.7 Å². The van der Waals surface area contributed by atoms with Crippen LogP contribution in [-0.4, -0.2) is 43.7 Å². The minimum Gasteiger partial charge on any atom is -0.388 e. The first-order valence-electron chi connectivity index (χ1n) is 8.82. The van der Waals surface area contributed by atoms with Gasteiger partial charge in [-0.3, -0.25) is 14.1 Å². The summed E-state index contributed by atoms with van der Waals surface area (Å²) in [5, 5.41) is 22.0. The van der Waals surface area contributed by atoms with Gasteiger partial charge in [0.15, 0.2) is 0 Å². The maximum atomic E-state index is 12.3. The molecule has 1 saturated heterocycles. The molecule has 0 spiro atoms. The highest BCUT2D eigenvalue weighted by Crippen LogP contribution is 2.33. The summed E-state index contributed by atoms with van der Waals surface area (Å²) in [7, 11) is 0. The fourth-order valence-electron chi connectivity index (χ4n) is 3.63. The molecule has 6 nitrogen and oxygen atoms in total. The highest BCUT2D eigenvalue weighted by molar-refractivity contribution is 6.30. The van der Waals surface area contributed by atoms with E-state index in [-0.39, 0.29) is 5.56 Å². The van der Waals surface area contributed by atoms with Crippen LogP contribution in [0.4, 0.5) is 0 Å². The van der Waals surface area contributed by atoms with Crippen LogP contribution in [0.15, 0.2) is 59.5 Å². The third kappa shape index (κ3) is 3.49. The van der Waals surface area contributed by atoms with E-state index in [0.717, 1.165) is 5.56 Å². The monoisotopic (exact) mass is 385 g/mol. The van der Waals surface area contributed by atoms with Gasteiger partial charge in [-0.1, -0.05) is 41.9 Å². The van der Waals surface area contributed by atoms with Crippen molar-refractivity contribution < 1.29 is 10.2 Å². The molecular weight excluding hydrogens is 366 g/mol. The van der Waals surface area contributed by atoms with Crippen molar-refractivity contribution in [1.82, 2.24) is 14.3 Å². The Kier molecular flexibility index (Phi) is 4.74. The number of fused-ring (bicyclic) bond motifs is 1. The van der Waals surface area contributed by atoms with Crippen LogP contribution in [-0.2, 0) is 12.1 Å². The summed E-state index contributed by atoms with van der Waals surface area (Å²) in [6.45, 7) is 1.31. The van der Waals surface area contributed by atoms with Crippen LogP contribution < -0.4 is 5.56 Å². The minimum atomic E-state index is -1.26. The standard InChI is InChI=1S/C20H20ClN3O3/c21-15-6-7-18-22-16(10-19(26)24(18)11-15)12-23-9-8-20(27,17(25)13-23)14-4-2-1-3-5-14/h1-7,10-11,17,25,27H,8-9,12-13H2/t17-,20-/m0/s1. The molecule has 3 aromatic rings. The van der Waals surface area contributed by atoms with Gasteiger partial charge in [-0.2, -0.15) is 0 Å². The zero-order valence-corrected chi connectivity index (χ0v) is 15.4. The summed E-state index contributed by atoms with van der Waals surface area (Å²) in [5.41, 5.74) is 0.414. The Hall–Kier alpha value is -2.25. The van der Waals surface area contributed by atoms with Gasteiger partial charge in [0, 0.05) is 31.9 Å². The van der Waals surface area contributed by atoms with Crippen molar-refractivity contribution >= 4 is 17.2 Å². The number of piperidine rings is 1. The number of benzene rings is 1. The zero-order valence-electron chi connectivity index (χ0n) is 14.6. The number of aromatic nitrogens is 2. The van der Waals surface area contributed by atoms with E-state index in [4.69, 9.17) is 11.6 Å². The second kappa shape index (κ2) is 7.05. The first-order chi connectivity index (χ1) is 13.0. The zero-order chi connectivity index (χ0) is 19.0. The van der Waals surface area contributed by atoms with Crippen molar-refractivity contribution in [2.75, 3.05) is 13.1 Å². The Bertz CT molecular complexity index is 1020. The minimum absolute atomic E-state index is 0.198. The number of hydrogen-bond donors (Lipinski definition) is 2. The first-order valence-corrected chi connectivity index (χ1v) is 9.20. The highest BCUT2D eigenvalue weighted by Gasteiger charge is 2.41. The van der Waals surface area contributed by atoms with Crippen molar-refractivity contribution in [3.63, 3.8) is 0 Å². The van der Waals surface area contributed by atoms with E-state index in [0.29, 0.717) is 42.4 Å². The SMILES string of the molecule is O=c1cc(CN2CC[C@](O)(c3ccccc3)[C@@H](O)C2)nc2ccc(Cl)cn12. The average Bonchev–Trinajstić information content (AvgIpc) is 2.66. The maximum Gasteiger partial charge on any atom is 0.258 e. The van der Waals surface area contributed by atoms with Gasteiger partial charge in [0.25, 0.3) is 5.56 Å². The molecule has 0 aliphatic carbocycles. The molecule has 1 aromatic carbocycles. The van der Waals surface area contributed by atoms with Crippen LogP contribution >= 0.6 is 11.6 Å². The molecular formula is C20H20ClN3O3. The molecule has 2 N–H and O–H groups in total. The van der Waals surface area contributed by atoms with Crippen molar-refractivity contribution in [2.24, 2.45) is 0 Å². The number of pyridine rings is 1. The number of rotatable bonds is 3. The van der Waals surface area contributed by atoms with Crippen LogP contribution in [0.3, 0.4) is 0 Å². The van der Waals surface area contributed by atoms with E-state index in [1.54, 1.807) is 18.3 Å². The Balaban J connectivity index is 1.53. The van der Waals surface area contributed by atoms with Gasteiger partial charge >= 0.3 is 0 Å². The van der Waals surface area contributed by atoms with E-state index >= 15 is 0 Å². The number of halogens is 1. The van der Waals surface area contributed by atoms with Gasteiger partial charge in [-0.05, 0) is 24.1 Å². The Morgan fingerprint density at radius 2 is 2.00 bits per heavy atom. The molecule has 27 heavy (non-hydrogen) atoms. The molecule has 2 atom stereocenters. The smallest absolute Gasteiger partial charge is 0.258 e. The summed E-state index contributed by atoms with van der Waals surface area (Å²) in [4.78, 5) is 18.8. The Morgan fingerprint density at radius 1 is 1.22 bits per heavy atom. The Morgan fingerprint density at radius 3 is 2.74 bits per heavy atom. The van der Waals surface area contributed by atoms with Crippen LogP contribution in [0.2, 0.25) is 5.02 Å². The molecule has 2 aromatic heterocycles. The topological polar surface area (TPSA) is 78.1 Å². The number of aliphatic hydroxyl groups is 2. The van der Waals surface area contributed by atoms with E-state index in [1.807, 2.05) is 35.2 Å². The largest absolute Gasteiger partial charge is 0.388 e. The van der Waals surface area contributed by atoms with Crippen LogP contribution in [0.25, 0.3) is 5.65 Å². The van der Waals surface area contributed by atoms with E-state index in [1.165, 1.54) is 10.5 Å². The molecule has 0 saturated carbocycles. The number of nitrogens with zero attached hydrogens (tertiary/aromatic N) is 3. The van der Waals surface area contributed by atoms with Gasteiger partial charge in [0.1, 0.15) is 11.2 Å². The number of likely N-dealkylation sites (tertiary alicyclic amines) is 1. The molecule has 140 valence electrons. The maximum absolute atomic E-state index is 12.3. The van der Waals surface area contributed by atoms with Crippen molar-refractivity contribution in [3.05, 3.63) is 81.4 Å². The number of aliphatic hydroxyl groups excluding tert-OH is 1. The quantitative estimate of drug-likeness (QED) is 0.719. The van der Waals surface area contributed by atoms with E-state index in [2.05, 4.69) is 4.98 Å². The van der Waals surface area contributed by atoms with E-state index in [9.17, 15) is 15.0 Å². The second-order valence-electron chi connectivity index (χ2n) is 6.95. The molecule has 3 heterocycles. The lowest BCUT2D eigenvalue weighted by Gasteiger charge is -2.42. The molecule has 0 radical (unpaired) electrons. The lowest BCUT2D eigenvalue weighted by atomic mass is 9.82. The van der Waals surface area contributed by atoms with Crippen LogP contribution in [0.1, 0.15) is 17.7 Å². The summed E-state index contributed by atoms with van der Waals surface area (Å²) >= 11 is 5.93. The third-order valence-electron chi connectivity index (χ3n) is 5.13. The average molecular weight is 386 g/mol. The summed E-state index contributed by atoms with van der Waals surface area (Å²) < 4.78 is 1.41. The summed E-state index contributed by atoms with van der Waals surface area (Å²) in [6.07, 6.45) is 1.02. The molecule has 0 amide bonds. The summed E-state index contributed by atoms with van der Waals surface area (Å²) in [5.74, 6) is 0. The van der Waals surface area contributed by atoms with Gasteiger partial charge in [0.05, 0.1) is 16.8 Å². The number of β-amino-alcohol motifs (C(OH)–C–C–N with tert-alkyl or cyclic N) is 1. The fourth-order valence-corrected chi connectivity index (χ4v) is 3.79. The summed E-state index contributed by atoms with van der Waals surface area (Å²) in [6, 6.07) is 14.1. The first kappa shape index (κ1) is 18.1. The fraction of sp³-hybridized carbons (Fsp3) is 0.300. The van der Waals surface area contributed by atoms with Gasteiger partial charge < -0.3 is 10.2 Å². The van der Waals surface area contributed by atoms with Gasteiger partial charge in [-0.15, -0.1) is 0 Å². The molecule has 0 unspecified atom stereocenters. The predicted octanol–water partition coefficient (Wildman–Crippen LogP) is 1.80. The molecule has 4 rings (SSSR count). The van der Waals surface area contributed by atoms with Gasteiger partial charge in [-0.25, -0.2) is 4.98 Å². The number of hydrogen-bond acceptors (Lipinski definition) is 5. The Labute approximate surface area is 161 Å². The molecule has 7 heteroatoms. The van der Waals surface area contributed by atoms with E-state index < -0.39 is 11.7 Å². The molecule has 0 bridgehead atoms. The van der Waals surface area contributed by atoms with Crippen LogP contribution in [0, 0.1) is 0 Å². The third-order valence-corrected chi connectivity index (χ3v) is 5.35. The predicted molar refractivity (Wildman–Crippen MR) is 103 cm³/mol. The highest BCUT2D eigenvalue weighted by atomic mass is 35.5. The molecule has 1 aliphatic rings. The van der Waals surface area contributed by atoms with Crippen molar-refractivity contribution in [1.29, 1.82) is 0 Å².